The van der Waals surface area contributed by atoms with Gasteiger partial charge in [0.2, 0.25) is 11.0 Å². The van der Waals surface area contributed by atoms with Crippen molar-refractivity contribution < 1.29 is 9.59 Å². The molecule has 28 heavy (non-hydrogen) atoms. The van der Waals surface area contributed by atoms with Gasteiger partial charge in [0, 0.05) is 6.07 Å². The second-order valence-electron chi connectivity index (χ2n) is 5.34. The highest BCUT2D eigenvalue weighted by Gasteiger charge is 2.13. The van der Waals surface area contributed by atoms with Crippen molar-refractivity contribution in [2.24, 2.45) is 5.10 Å². The predicted octanol–water partition coefficient (Wildman–Crippen LogP) is -0.140. The van der Waals surface area contributed by atoms with Gasteiger partial charge in [-0.3, -0.25) is 24.7 Å². The third kappa shape index (κ3) is 5.28. The molecule has 2 aromatic heterocycles. The zero-order valence-electron chi connectivity index (χ0n) is 14.1. The van der Waals surface area contributed by atoms with E-state index in [0.717, 1.165) is 23.0 Å². The minimum Gasteiger partial charge on any atom is -0.303 e. The number of carbonyl (C=O) groups excluding carboxylic acids is 2. The molecule has 1 aromatic carbocycles. The molecule has 0 fully saturated rings. The molecule has 0 radical (unpaired) electrons. The van der Waals surface area contributed by atoms with Gasteiger partial charge in [-0.05, 0) is 5.56 Å². The van der Waals surface area contributed by atoms with Crippen molar-refractivity contribution >= 4 is 34.5 Å². The maximum absolute atomic E-state index is 12.0. The van der Waals surface area contributed by atoms with Crippen molar-refractivity contribution in [1.82, 2.24) is 25.6 Å². The molecular weight excluding hydrogens is 386 g/mol. The summed E-state index contributed by atoms with van der Waals surface area (Å²) < 4.78 is 0. The smallest absolute Gasteiger partial charge is 0.303 e. The number of aromatic amines is 2. The molecule has 0 saturated heterocycles. The predicted molar refractivity (Wildman–Crippen MR) is 101 cm³/mol. The average Bonchev–Trinajstić information content (AvgIpc) is 3.08. The van der Waals surface area contributed by atoms with Crippen LogP contribution in [0.25, 0.3) is 0 Å². The SMILES string of the molecule is O=C(Cc1nnc(NC(=O)c2cc(=O)[nH]c(=O)[nH]2)s1)N/N=C\c1ccccc1. The van der Waals surface area contributed by atoms with Crippen LogP contribution in [0.4, 0.5) is 5.13 Å². The van der Waals surface area contributed by atoms with E-state index in [4.69, 9.17) is 0 Å². The first-order valence-corrected chi connectivity index (χ1v) is 8.65. The normalized spacial score (nSPS) is 10.7. The van der Waals surface area contributed by atoms with Gasteiger partial charge >= 0.3 is 5.69 Å². The maximum atomic E-state index is 12.0. The first-order chi connectivity index (χ1) is 13.5. The van der Waals surface area contributed by atoms with Crippen LogP contribution in [0, 0.1) is 0 Å². The van der Waals surface area contributed by atoms with E-state index in [1.165, 1.54) is 6.21 Å². The van der Waals surface area contributed by atoms with E-state index in [1.54, 1.807) is 0 Å². The van der Waals surface area contributed by atoms with Crippen molar-refractivity contribution in [2.45, 2.75) is 6.42 Å². The van der Waals surface area contributed by atoms with Gasteiger partial charge in [0.05, 0.1) is 12.6 Å². The van der Waals surface area contributed by atoms with Crippen molar-refractivity contribution in [1.29, 1.82) is 0 Å². The number of nitrogens with zero attached hydrogens (tertiary/aromatic N) is 3. The number of rotatable bonds is 6. The lowest BCUT2D eigenvalue weighted by molar-refractivity contribution is -0.120. The molecule has 0 bridgehead atoms. The molecule has 2 heterocycles. The van der Waals surface area contributed by atoms with Crippen LogP contribution >= 0.6 is 11.3 Å². The second-order valence-corrected chi connectivity index (χ2v) is 6.40. The van der Waals surface area contributed by atoms with E-state index in [2.05, 4.69) is 31.0 Å². The van der Waals surface area contributed by atoms with E-state index in [-0.39, 0.29) is 17.2 Å². The highest BCUT2D eigenvalue weighted by Crippen LogP contribution is 2.16. The van der Waals surface area contributed by atoms with Crippen molar-refractivity contribution in [3.63, 3.8) is 0 Å². The van der Waals surface area contributed by atoms with Crippen LogP contribution in [0.3, 0.4) is 0 Å². The molecule has 0 aliphatic heterocycles. The van der Waals surface area contributed by atoms with Gasteiger partial charge in [-0.2, -0.15) is 5.10 Å². The first-order valence-electron chi connectivity index (χ1n) is 7.84. The Balaban J connectivity index is 1.55. The number of H-pyrrole nitrogens is 2. The summed E-state index contributed by atoms with van der Waals surface area (Å²) in [6.45, 7) is 0. The van der Waals surface area contributed by atoms with E-state index >= 15 is 0 Å². The highest BCUT2D eigenvalue weighted by molar-refractivity contribution is 7.15. The van der Waals surface area contributed by atoms with Gasteiger partial charge in [0.15, 0.2) is 0 Å². The van der Waals surface area contributed by atoms with Crippen molar-refractivity contribution in [3.05, 3.63) is 73.5 Å². The maximum Gasteiger partial charge on any atom is 0.326 e. The molecule has 0 spiro atoms. The Morgan fingerprint density at radius 1 is 1.14 bits per heavy atom. The summed E-state index contributed by atoms with van der Waals surface area (Å²) >= 11 is 0.978. The van der Waals surface area contributed by atoms with Crippen LogP contribution < -0.4 is 22.0 Å². The largest absolute Gasteiger partial charge is 0.326 e. The molecule has 0 atom stereocenters. The fourth-order valence-electron chi connectivity index (χ4n) is 2.03. The number of aromatic nitrogens is 4. The molecule has 11 nitrogen and oxygen atoms in total. The Hall–Kier alpha value is -3.93. The molecule has 4 N–H and O–H groups in total. The Morgan fingerprint density at radius 3 is 2.68 bits per heavy atom. The summed E-state index contributed by atoms with van der Waals surface area (Å²) in [5.41, 5.74) is 1.47. The number of hydrogen-bond donors (Lipinski definition) is 4. The molecule has 0 unspecified atom stereocenters. The summed E-state index contributed by atoms with van der Waals surface area (Å²) in [4.78, 5) is 50.5. The number of amides is 2. The van der Waals surface area contributed by atoms with E-state index in [0.29, 0.717) is 5.01 Å². The molecule has 0 saturated carbocycles. The Labute approximate surface area is 160 Å². The molecule has 12 heteroatoms. The summed E-state index contributed by atoms with van der Waals surface area (Å²) in [5, 5.41) is 14.3. The van der Waals surface area contributed by atoms with Crippen molar-refractivity contribution in [2.75, 3.05) is 5.32 Å². The quantitative estimate of drug-likeness (QED) is 0.333. The first kappa shape index (κ1) is 18.8. The lowest BCUT2D eigenvalue weighted by atomic mass is 10.2. The monoisotopic (exact) mass is 399 g/mol. The van der Waals surface area contributed by atoms with Gasteiger partial charge in [-0.15, -0.1) is 10.2 Å². The molecule has 3 aromatic rings. The molecule has 3 rings (SSSR count). The lowest BCUT2D eigenvalue weighted by Crippen LogP contribution is -2.27. The van der Waals surface area contributed by atoms with Gasteiger partial charge in [-0.25, -0.2) is 10.2 Å². The summed E-state index contributed by atoms with van der Waals surface area (Å²) in [5.74, 6) is -1.14. The highest BCUT2D eigenvalue weighted by atomic mass is 32.1. The van der Waals surface area contributed by atoms with Crippen LogP contribution in [0.2, 0.25) is 0 Å². The van der Waals surface area contributed by atoms with Crippen molar-refractivity contribution in [3.8, 4) is 0 Å². The molecule has 0 aliphatic rings. The number of hydrogen-bond acceptors (Lipinski definition) is 8. The minimum atomic E-state index is -0.802. The third-order valence-corrected chi connectivity index (χ3v) is 4.05. The van der Waals surface area contributed by atoms with Gasteiger partial charge in [-0.1, -0.05) is 41.7 Å². The van der Waals surface area contributed by atoms with Gasteiger partial charge in [0.1, 0.15) is 10.7 Å². The van der Waals surface area contributed by atoms with E-state index in [1.807, 2.05) is 35.3 Å². The zero-order chi connectivity index (χ0) is 19.9. The second kappa shape index (κ2) is 8.64. The topological polar surface area (TPSA) is 162 Å². The van der Waals surface area contributed by atoms with Gasteiger partial charge < -0.3 is 4.98 Å². The van der Waals surface area contributed by atoms with Crippen LogP contribution in [-0.4, -0.2) is 38.2 Å². The van der Waals surface area contributed by atoms with Crippen LogP contribution in [0.15, 0.2) is 51.1 Å². The van der Waals surface area contributed by atoms with E-state index in [9.17, 15) is 19.2 Å². The molecular formula is C16H13N7O4S. The van der Waals surface area contributed by atoms with Crippen LogP contribution in [-0.2, 0) is 11.2 Å². The van der Waals surface area contributed by atoms with Gasteiger partial charge in [0.25, 0.3) is 11.5 Å². The molecule has 2 amide bonds. The Kier molecular flexibility index (Phi) is 5.81. The van der Waals surface area contributed by atoms with Crippen LogP contribution in [0.5, 0.6) is 0 Å². The van der Waals surface area contributed by atoms with Crippen LogP contribution in [0.1, 0.15) is 21.1 Å². The fraction of sp³-hybridized carbons (Fsp3) is 0.0625. The lowest BCUT2D eigenvalue weighted by Gasteiger charge is -1.99. The number of nitrogens with one attached hydrogen (secondary N) is 4. The summed E-state index contributed by atoms with van der Waals surface area (Å²) in [6, 6.07) is 10.2. The number of carbonyl (C=O) groups is 2. The standard InChI is InChI=1S/C16H13N7O4S/c24-11-6-10(18-15(27)19-11)14(26)20-16-23-22-13(28-16)7-12(25)21-17-8-9-4-2-1-3-5-9/h1-6,8H,7H2,(H,21,25)(H,20,23,26)(H2,18,19,24,27)/b17-8-. The summed E-state index contributed by atoms with van der Waals surface area (Å²) in [7, 11) is 0. The summed E-state index contributed by atoms with van der Waals surface area (Å²) in [6.07, 6.45) is 1.42. The fourth-order valence-corrected chi connectivity index (χ4v) is 2.76. The minimum absolute atomic E-state index is 0.0818. The third-order valence-electron chi connectivity index (χ3n) is 3.21. The van der Waals surface area contributed by atoms with E-state index < -0.39 is 23.1 Å². The number of benzene rings is 1. The Morgan fingerprint density at radius 2 is 1.93 bits per heavy atom. The number of anilines is 1. The Bertz CT molecular complexity index is 1110. The number of hydrazone groups is 1. The average molecular weight is 399 g/mol. The molecule has 0 aliphatic carbocycles. The zero-order valence-corrected chi connectivity index (χ0v) is 14.9. The molecule has 142 valence electrons.